The summed E-state index contributed by atoms with van der Waals surface area (Å²) in [6.45, 7) is 4.50. The minimum atomic E-state index is -0.155. The van der Waals surface area contributed by atoms with Crippen LogP contribution in [0.1, 0.15) is 16.2 Å². The van der Waals surface area contributed by atoms with Crippen molar-refractivity contribution in [2.75, 3.05) is 19.6 Å². The van der Waals surface area contributed by atoms with Crippen LogP contribution in [0.25, 0.3) is 11.5 Å². The number of carbonyl (C=O) groups excluding carboxylic acids is 1. The van der Waals surface area contributed by atoms with E-state index in [9.17, 15) is 4.79 Å². The first-order valence-corrected chi connectivity index (χ1v) is 6.33. The van der Waals surface area contributed by atoms with Gasteiger partial charge in [-0.3, -0.25) is 9.89 Å². The van der Waals surface area contributed by atoms with Crippen LogP contribution in [0.15, 0.2) is 22.6 Å². The molecule has 0 radical (unpaired) electrons. The van der Waals surface area contributed by atoms with Gasteiger partial charge in [0.1, 0.15) is 11.5 Å². The maximum Gasteiger partial charge on any atom is 0.271 e. The molecule has 1 saturated heterocycles. The second-order valence-electron chi connectivity index (χ2n) is 4.81. The molecule has 0 spiro atoms. The van der Waals surface area contributed by atoms with Crippen LogP contribution in [0.5, 0.6) is 0 Å². The van der Waals surface area contributed by atoms with Crippen LogP contribution in [-0.2, 0) is 0 Å². The molecule has 1 aliphatic heterocycles. The smallest absolute Gasteiger partial charge is 0.271 e. The third kappa shape index (κ3) is 3.02. The van der Waals surface area contributed by atoms with Crippen LogP contribution < -0.4 is 10.6 Å². The Hall–Kier alpha value is -1.79. The number of halogens is 1. The van der Waals surface area contributed by atoms with Crippen molar-refractivity contribution in [3.8, 4) is 11.5 Å². The van der Waals surface area contributed by atoms with Gasteiger partial charge >= 0.3 is 0 Å². The normalized spacial score (nSPS) is 14.4. The number of amides is 1. The van der Waals surface area contributed by atoms with E-state index in [1.807, 2.05) is 19.1 Å². The average Bonchev–Trinajstić information content (AvgIpc) is 2.94. The molecule has 20 heavy (non-hydrogen) atoms. The van der Waals surface area contributed by atoms with Gasteiger partial charge in [0.25, 0.3) is 5.91 Å². The van der Waals surface area contributed by atoms with Crippen LogP contribution in [0, 0.1) is 12.8 Å². The third-order valence-electron chi connectivity index (χ3n) is 3.23. The van der Waals surface area contributed by atoms with E-state index >= 15 is 0 Å². The third-order valence-corrected chi connectivity index (χ3v) is 3.23. The topological polar surface area (TPSA) is 83.0 Å². The number of rotatable bonds is 4. The number of aromatic nitrogens is 2. The molecule has 0 aromatic carbocycles. The molecule has 3 rings (SSSR count). The lowest BCUT2D eigenvalue weighted by Gasteiger charge is -2.26. The summed E-state index contributed by atoms with van der Waals surface area (Å²) in [5, 5.41) is 12.9. The number of H-pyrrole nitrogens is 1. The SMILES string of the molecule is Cc1ccc(-c2cc(C(=O)NCC3CNC3)n[nH]2)o1.Cl. The molecule has 0 atom stereocenters. The van der Waals surface area contributed by atoms with Crippen LogP contribution in [0.4, 0.5) is 0 Å². The summed E-state index contributed by atoms with van der Waals surface area (Å²) < 4.78 is 5.48. The summed E-state index contributed by atoms with van der Waals surface area (Å²) >= 11 is 0. The standard InChI is InChI=1S/C13H16N4O2.ClH/c1-8-2-3-12(19-8)10-4-11(17-16-10)13(18)15-7-9-5-14-6-9;/h2-4,9,14H,5-7H2,1H3,(H,15,18)(H,16,17);1H. The van der Waals surface area contributed by atoms with Gasteiger partial charge in [-0.1, -0.05) is 0 Å². The largest absolute Gasteiger partial charge is 0.460 e. The van der Waals surface area contributed by atoms with Crippen LogP contribution in [-0.4, -0.2) is 35.7 Å². The number of hydrogen-bond acceptors (Lipinski definition) is 4. The molecule has 0 unspecified atom stereocenters. The molecule has 1 fully saturated rings. The molecule has 0 bridgehead atoms. The van der Waals surface area contributed by atoms with E-state index in [-0.39, 0.29) is 18.3 Å². The number of aromatic amines is 1. The number of aryl methyl sites for hydroxylation is 1. The van der Waals surface area contributed by atoms with Crippen molar-refractivity contribution in [3.05, 3.63) is 29.7 Å². The van der Waals surface area contributed by atoms with Crippen LogP contribution in [0.3, 0.4) is 0 Å². The summed E-state index contributed by atoms with van der Waals surface area (Å²) in [6.07, 6.45) is 0. The highest BCUT2D eigenvalue weighted by Gasteiger charge is 2.19. The second-order valence-corrected chi connectivity index (χ2v) is 4.81. The number of hydrogen-bond donors (Lipinski definition) is 3. The monoisotopic (exact) mass is 296 g/mol. The fourth-order valence-corrected chi connectivity index (χ4v) is 1.96. The molecule has 0 saturated carbocycles. The zero-order valence-electron chi connectivity index (χ0n) is 11.1. The molecule has 0 aliphatic carbocycles. The van der Waals surface area contributed by atoms with E-state index < -0.39 is 0 Å². The number of furan rings is 1. The molecular formula is C13H17ClN4O2. The van der Waals surface area contributed by atoms with Crippen molar-refractivity contribution < 1.29 is 9.21 Å². The first-order chi connectivity index (χ1) is 9.22. The molecule has 2 aromatic rings. The minimum Gasteiger partial charge on any atom is -0.460 e. The average molecular weight is 297 g/mol. The van der Waals surface area contributed by atoms with Crippen molar-refractivity contribution in [3.63, 3.8) is 0 Å². The lowest BCUT2D eigenvalue weighted by Crippen LogP contribution is -2.48. The summed E-state index contributed by atoms with van der Waals surface area (Å²) in [4.78, 5) is 11.9. The second kappa shape index (κ2) is 6.11. The molecule has 3 N–H and O–H groups in total. The lowest BCUT2D eigenvalue weighted by atomic mass is 10.0. The Kier molecular flexibility index (Phi) is 4.46. The van der Waals surface area contributed by atoms with Gasteiger partial charge in [-0.2, -0.15) is 5.10 Å². The Bertz CT molecular complexity index is 589. The van der Waals surface area contributed by atoms with E-state index in [2.05, 4.69) is 20.8 Å². The molecule has 7 heteroatoms. The highest BCUT2D eigenvalue weighted by atomic mass is 35.5. The molecule has 3 heterocycles. The Morgan fingerprint density at radius 1 is 1.50 bits per heavy atom. The van der Waals surface area contributed by atoms with Gasteiger partial charge in [0.05, 0.1) is 0 Å². The Balaban J connectivity index is 0.00000147. The summed E-state index contributed by atoms with van der Waals surface area (Å²) in [6, 6.07) is 5.43. The minimum absolute atomic E-state index is 0. The van der Waals surface area contributed by atoms with E-state index in [0.717, 1.165) is 18.8 Å². The van der Waals surface area contributed by atoms with E-state index in [4.69, 9.17) is 4.42 Å². The predicted octanol–water partition coefficient (Wildman–Crippen LogP) is 1.35. The highest BCUT2D eigenvalue weighted by Crippen LogP contribution is 2.20. The van der Waals surface area contributed by atoms with Crippen molar-refractivity contribution >= 4 is 18.3 Å². The summed E-state index contributed by atoms with van der Waals surface area (Å²) in [7, 11) is 0. The first kappa shape index (κ1) is 14.6. The van der Waals surface area contributed by atoms with E-state index in [1.54, 1.807) is 6.07 Å². The predicted molar refractivity (Wildman–Crippen MR) is 77.0 cm³/mol. The number of nitrogens with one attached hydrogen (secondary N) is 3. The first-order valence-electron chi connectivity index (χ1n) is 6.33. The summed E-state index contributed by atoms with van der Waals surface area (Å²) in [5.41, 5.74) is 1.10. The fraction of sp³-hybridized carbons (Fsp3) is 0.385. The maximum absolute atomic E-state index is 11.9. The molecule has 2 aromatic heterocycles. The van der Waals surface area contributed by atoms with Crippen molar-refractivity contribution in [2.45, 2.75) is 6.92 Å². The number of nitrogens with zero attached hydrogens (tertiary/aromatic N) is 1. The lowest BCUT2D eigenvalue weighted by molar-refractivity contribution is 0.0937. The Morgan fingerprint density at radius 2 is 2.30 bits per heavy atom. The quantitative estimate of drug-likeness (QED) is 0.795. The molecule has 1 amide bonds. The zero-order chi connectivity index (χ0) is 13.2. The van der Waals surface area contributed by atoms with Gasteiger partial charge in [0.15, 0.2) is 11.5 Å². The van der Waals surface area contributed by atoms with Gasteiger partial charge < -0.3 is 15.1 Å². The van der Waals surface area contributed by atoms with Gasteiger partial charge in [-0.15, -0.1) is 12.4 Å². The van der Waals surface area contributed by atoms with Gasteiger partial charge in [0.2, 0.25) is 0 Å². The van der Waals surface area contributed by atoms with E-state index in [1.165, 1.54) is 0 Å². The molecule has 6 nitrogen and oxygen atoms in total. The van der Waals surface area contributed by atoms with Crippen molar-refractivity contribution in [1.29, 1.82) is 0 Å². The van der Waals surface area contributed by atoms with Gasteiger partial charge in [0, 0.05) is 31.6 Å². The van der Waals surface area contributed by atoms with Gasteiger partial charge in [-0.05, 0) is 19.1 Å². The highest BCUT2D eigenvalue weighted by molar-refractivity contribution is 5.93. The van der Waals surface area contributed by atoms with E-state index in [0.29, 0.717) is 29.6 Å². The van der Waals surface area contributed by atoms with Crippen LogP contribution in [0.2, 0.25) is 0 Å². The van der Waals surface area contributed by atoms with Crippen LogP contribution >= 0.6 is 12.4 Å². The maximum atomic E-state index is 11.9. The Morgan fingerprint density at radius 3 is 2.90 bits per heavy atom. The molecular weight excluding hydrogens is 280 g/mol. The van der Waals surface area contributed by atoms with Gasteiger partial charge in [-0.25, -0.2) is 0 Å². The number of carbonyl (C=O) groups is 1. The van der Waals surface area contributed by atoms with Crippen molar-refractivity contribution in [1.82, 2.24) is 20.8 Å². The zero-order valence-corrected chi connectivity index (χ0v) is 11.9. The molecule has 1 aliphatic rings. The Labute approximate surface area is 122 Å². The fourth-order valence-electron chi connectivity index (χ4n) is 1.96. The summed E-state index contributed by atoms with van der Waals surface area (Å²) in [5.74, 6) is 1.90. The molecule has 108 valence electrons. The van der Waals surface area contributed by atoms with Crippen molar-refractivity contribution in [2.24, 2.45) is 5.92 Å².